The smallest absolute Gasteiger partial charge is 0.0456 e. The number of rotatable bonds is 3. The fourth-order valence-corrected chi connectivity index (χ4v) is 3.56. The highest BCUT2D eigenvalue weighted by atomic mass is 79.9. The minimum Gasteiger partial charge on any atom is -0.295 e. The Morgan fingerprint density at radius 2 is 1.72 bits per heavy atom. The van der Waals surface area contributed by atoms with Crippen LogP contribution in [0.2, 0.25) is 0 Å². The van der Waals surface area contributed by atoms with Gasteiger partial charge in [0.25, 0.3) is 0 Å². The van der Waals surface area contributed by atoms with Gasteiger partial charge in [-0.25, -0.2) is 0 Å². The first-order valence-electron chi connectivity index (χ1n) is 6.70. The predicted octanol–water partition coefficient (Wildman–Crippen LogP) is 4.33. The third-order valence-electron chi connectivity index (χ3n) is 3.90. The fraction of sp³-hybridized carbons (Fsp3) is 0.375. The molecule has 1 fully saturated rings. The van der Waals surface area contributed by atoms with Crippen LogP contribution >= 0.6 is 15.9 Å². The van der Waals surface area contributed by atoms with Gasteiger partial charge in [-0.15, -0.1) is 0 Å². The number of halogens is 1. The molecule has 0 saturated carbocycles. The van der Waals surface area contributed by atoms with Crippen molar-refractivity contribution in [1.29, 1.82) is 0 Å². The SMILES string of the molecule is Brc1ccccc1C(C1C=CC=C1)N1CCCC1. The van der Waals surface area contributed by atoms with Gasteiger partial charge in [0.15, 0.2) is 0 Å². The van der Waals surface area contributed by atoms with Crippen molar-refractivity contribution in [3.05, 3.63) is 58.6 Å². The van der Waals surface area contributed by atoms with Gasteiger partial charge in [0.1, 0.15) is 0 Å². The van der Waals surface area contributed by atoms with Gasteiger partial charge in [0.2, 0.25) is 0 Å². The lowest BCUT2D eigenvalue weighted by atomic mass is 9.93. The average molecular weight is 304 g/mol. The Hall–Kier alpha value is -0.860. The van der Waals surface area contributed by atoms with E-state index in [0.29, 0.717) is 12.0 Å². The quantitative estimate of drug-likeness (QED) is 0.803. The lowest BCUT2D eigenvalue weighted by molar-refractivity contribution is 0.218. The van der Waals surface area contributed by atoms with E-state index < -0.39 is 0 Å². The van der Waals surface area contributed by atoms with Crippen LogP contribution in [-0.4, -0.2) is 18.0 Å². The van der Waals surface area contributed by atoms with E-state index in [1.165, 1.54) is 36.0 Å². The molecule has 1 saturated heterocycles. The van der Waals surface area contributed by atoms with Gasteiger partial charge in [-0.05, 0) is 37.6 Å². The molecule has 0 spiro atoms. The molecule has 94 valence electrons. The second-order valence-electron chi connectivity index (χ2n) is 5.06. The lowest BCUT2D eigenvalue weighted by Crippen LogP contribution is -2.30. The number of hydrogen-bond acceptors (Lipinski definition) is 1. The maximum absolute atomic E-state index is 3.72. The van der Waals surface area contributed by atoms with E-state index in [0.717, 1.165) is 0 Å². The third kappa shape index (κ3) is 2.32. The van der Waals surface area contributed by atoms with Crippen molar-refractivity contribution in [2.24, 2.45) is 5.92 Å². The van der Waals surface area contributed by atoms with Gasteiger partial charge in [-0.3, -0.25) is 4.90 Å². The van der Waals surface area contributed by atoms with Crippen LogP contribution in [0.5, 0.6) is 0 Å². The minimum absolute atomic E-state index is 0.484. The van der Waals surface area contributed by atoms with Gasteiger partial charge in [-0.1, -0.05) is 58.4 Å². The summed E-state index contributed by atoms with van der Waals surface area (Å²) in [7, 11) is 0. The summed E-state index contributed by atoms with van der Waals surface area (Å²) in [4.78, 5) is 2.63. The molecule has 1 atom stereocenters. The summed E-state index contributed by atoms with van der Waals surface area (Å²) >= 11 is 3.72. The van der Waals surface area contributed by atoms with Gasteiger partial charge in [0.05, 0.1) is 0 Å². The van der Waals surface area contributed by atoms with Gasteiger partial charge in [-0.2, -0.15) is 0 Å². The summed E-state index contributed by atoms with van der Waals surface area (Å²) in [5.41, 5.74) is 1.42. The Morgan fingerprint density at radius 1 is 1.06 bits per heavy atom. The number of benzene rings is 1. The molecular weight excluding hydrogens is 286 g/mol. The Bertz CT molecular complexity index is 460. The monoisotopic (exact) mass is 303 g/mol. The highest BCUT2D eigenvalue weighted by Crippen LogP contribution is 2.38. The van der Waals surface area contributed by atoms with E-state index >= 15 is 0 Å². The van der Waals surface area contributed by atoms with Crippen LogP contribution in [-0.2, 0) is 0 Å². The molecule has 0 amide bonds. The molecule has 1 nitrogen and oxygen atoms in total. The molecule has 2 aliphatic rings. The molecule has 1 aliphatic heterocycles. The van der Waals surface area contributed by atoms with Crippen LogP contribution in [0.25, 0.3) is 0 Å². The molecule has 1 heterocycles. The molecule has 0 radical (unpaired) electrons. The van der Waals surface area contributed by atoms with Crippen molar-refractivity contribution in [3.63, 3.8) is 0 Å². The largest absolute Gasteiger partial charge is 0.295 e. The van der Waals surface area contributed by atoms with Crippen molar-refractivity contribution in [2.75, 3.05) is 13.1 Å². The van der Waals surface area contributed by atoms with E-state index in [4.69, 9.17) is 0 Å². The third-order valence-corrected chi connectivity index (χ3v) is 4.62. The first-order chi connectivity index (χ1) is 8.86. The second kappa shape index (κ2) is 5.41. The maximum Gasteiger partial charge on any atom is 0.0456 e. The van der Waals surface area contributed by atoms with Crippen molar-refractivity contribution < 1.29 is 0 Å². The summed E-state index contributed by atoms with van der Waals surface area (Å²) in [6.07, 6.45) is 11.7. The zero-order chi connectivity index (χ0) is 12.4. The van der Waals surface area contributed by atoms with Crippen LogP contribution in [0.3, 0.4) is 0 Å². The maximum atomic E-state index is 3.72. The molecule has 1 aromatic rings. The van der Waals surface area contributed by atoms with Crippen LogP contribution < -0.4 is 0 Å². The molecule has 18 heavy (non-hydrogen) atoms. The van der Waals surface area contributed by atoms with Crippen LogP contribution in [0, 0.1) is 5.92 Å². The summed E-state index contributed by atoms with van der Waals surface area (Å²) in [5.74, 6) is 0.516. The molecule has 1 aromatic carbocycles. The normalized spacial score (nSPS) is 21.8. The van der Waals surface area contributed by atoms with Crippen molar-refractivity contribution in [1.82, 2.24) is 4.90 Å². The number of hydrogen-bond donors (Lipinski definition) is 0. The van der Waals surface area contributed by atoms with E-state index in [1.807, 2.05) is 0 Å². The number of allylic oxidation sites excluding steroid dienone is 2. The summed E-state index contributed by atoms with van der Waals surface area (Å²) in [6, 6.07) is 9.13. The molecule has 0 N–H and O–H groups in total. The van der Waals surface area contributed by atoms with E-state index in [9.17, 15) is 0 Å². The summed E-state index contributed by atoms with van der Waals surface area (Å²) < 4.78 is 1.23. The fourth-order valence-electron chi connectivity index (χ4n) is 3.04. The number of likely N-dealkylation sites (tertiary alicyclic amines) is 1. The van der Waals surface area contributed by atoms with Crippen molar-refractivity contribution in [2.45, 2.75) is 18.9 Å². The molecule has 3 rings (SSSR count). The van der Waals surface area contributed by atoms with Gasteiger partial charge < -0.3 is 0 Å². The predicted molar refractivity (Wildman–Crippen MR) is 79.5 cm³/mol. The van der Waals surface area contributed by atoms with E-state index in [2.05, 4.69) is 69.4 Å². The standard InChI is InChI=1S/C16H18BrN/c17-15-10-4-3-9-14(15)16(13-7-1-2-8-13)18-11-5-6-12-18/h1-4,7-10,13,16H,5-6,11-12H2. The molecular formula is C16H18BrN. The van der Waals surface area contributed by atoms with Crippen LogP contribution in [0.15, 0.2) is 53.0 Å². The highest BCUT2D eigenvalue weighted by Gasteiger charge is 2.29. The summed E-state index contributed by atoms with van der Waals surface area (Å²) in [5, 5.41) is 0. The molecule has 1 aliphatic carbocycles. The highest BCUT2D eigenvalue weighted by molar-refractivity contribution is 9.10. The Labute approximate surface area is 117 Å². The first kappa shape index (κ1) is 12.2. The average Bonchev–Trinajstić information content (AvgIpc) is 3.05. The zero-order valence-corrected chi connectivity index (χ0v) is 12.0. The molecule has 0 aromatic heterocycles. The number of nitrogens with zero attached hydrogens (tertiary/aromatic N) is 1. The van der Waals surface area contributed by atoms with Crippen LogP contribution in [0.4, 0.5) is 0 Å². The van der Waals surface area contributed by atoms with Crippen molar-refractivity contribution in [3.8, 4) is 0 Å². The lowest BCUT2D eigenvalue weighted by Gasteiger charge is -2.32. The van der Waals surface area contributed by atoms with Gasteiger partial charge in [0, 0.05) is 16.4 Å². The van der Waals surface area contributed by atoms with E-state index in [-0.39, 0.29) is 0 Å². The molecule has 1 unspecified atom stereocenters. The van der Waals surface area contributed by atoms with Gasteiger partial charge >= 0.3 is 0 Å². The Kier molecular flexibility index (Phi) is 3.67. The second-order valence-corrected chi connectivity index (χ2v) is 5.91. The minimum atomic E-state index is 0.484. The van der Waals surface area contributed by atoms with Crippen molar-refractivity contribution >= 4 is 15.9 Å². The van der Waals surface area contributed by atoms with Crippen LogP contribution in [0.1, 0.15) is 24.4 Å². The first-order valence-corrected chi connectivity index (χ1v) is 7.49. The molecule has 2 heteroatoms. The zero-order valence-electron chi connectivity index (χ0n) is 10.4. The summed E-state index contributed by atoms with van der Waals surface area (Å²) in [6.45, 7) is 2.45. The Morgan fingerprint density at radius 3 is 2.39 bits per heavy atom. The molecule has 0 bridgehead atoms. The van der Waals surface area contributed by atoms with E-state index in [1.54, 1.807) is 0 Å². The Balaban J connectivity index is 1.96. The topological polar surface area (TPSA) is 3.24 Å².